The first kappa shape index (κ1) is 12.5. The van der Waals surface area contributed by atoms with Gasteiger partial charge in [-0.05, 0) is 24.3 Å². The van der Waals surface area contributed by atoms with Gasteiger partial charge in [0, 0.05) is 17.3 Å². The van der Waals surface area contributed by atoms with Crippen molar-refractivity contribution in [3.63, 3.8) is 0 Å². The molecular formula is C13H9ClFNO2. The van der Waals surface area contributed by atoms with Gasteiger partial charge in [0.15, 0.2) is 0 Å². The van der Waals surface area contributed by atoms with Gasteiger partial charge in [0.2, 0.25) is 0 Å². The molecule has 92 valence electrons. The summed E-state index contributed by atoms with van der Waals surface area (Å²) in [4.78, 5) is 14.2. The molecule has 2 aromatic rings. The summed E-state index contributed by atoms with van der Waals surface area (Å²) >= 11 is 5.93. The Balaban J connectivity index is 2.08. The van der Waals surface area contributed by atoms with E-state index in [1.54, 1.807) is 12.1 Å². The minimum atomic E-state index is -0.418. The van der Waals surface area contributed by atoms with E-state index in [4.69, 9.17) is 16.3 Å². The molecule has 3 nitrogen and oxygen atoms in total. The summed E-state index contributed by atoms with van der Waals surface area (Å²) in [7, 11) is 0. The van der Waals surface area contributed by atoms with E-state index >= 15 is 0 Å². The molecule has 0 aliphatic rings. The van der Waals surface area contributed by atoms with Gasteiger partial charge in [-0.15, -0.1) is 0 Å². The number of carbonyl (C=O) groups is 1. The SMILES string of the molecule is O=Cc1ccc(OCc2cncc(F)c2)c(Cl)c1. The number of pyridine rings is 1. The number of halogens is 2. The molecule has 0 unspecified atom stereocenters. The molecule has 0 aliphatic carbocycles. The average Bonchev–Trinajstić information content (AvgIpc) is 2.37. The van der Waals surface area contributed by atoms with E-state index in [1.165, 1.54) is 18.3 Å². The van der Waals surface area contributed by atoms with Crippen LogP contribution in [0.1, 0.15) is 15.9 Å². The Hall–Kier alpha value is -1.94. The topological polar surface area (TPSA) is 39.2 Å². The van der Waals surface area contributed by atoms with Crippen molar-refractivity contribution < 1.29 is 13.9 Å². The maximum absolute atomic E-state index is 12.9. The number of rotatable bonds is 4. The van der Waals surface area contributed by atoms with Gasteiger partial charge in [-0.25, -0.2) is 4.39 Å². The fourth-order valence-corrected chi connectivity index (χ4v) is 1.65. The molecule has 1 heterocycles. The van der Waals surface area contributed by atoms with Crippen LogP contribution in [-0.2, 0) is 6.61 Å². The van der Waals surface area contributed by atoms with Crippen molar-refractivity contribution in [2.75, 3.05) is 0 Å². The number of carbonyl (C=O) groups excluding carboxylic acids is 1. The van der Waals surface area contributed by atoms with E-state index in [1.807, 2.05) is 0 Å². The second-order valence-electron chi connectivity index (χ2n) is 3.61. The molecule has 1 aromatic carbocycles. The molecule has 0 atom stereocenters. The van der Waals surface area contributed by atoms with Crippen molar-refractivity contribution >= 4 is 17.9 Å². The van der Waals surface area contributed by atoms with Crippen LogP contribution in [0.5, 0.6) is 5.75 Å². The van der Waals surface area contributed by atoms with Crippen LogP contribution < -0.4 is 4.74 Å². The van der Waals surface area contributed by atoms with E-state index in [0.29, 0.717) is 28.2 Å². The van der Waals surface area contributed by atoms with Crippen LogP contribution in [0.25, 0.3) is 0 Å². The Morgan fingerprint density at radius 1 is 1.33 bits per heavy atom. The van der Waals surface area contributed by atoms with Crippen molar-refractivity contribution in [1.29, 1.82) is 0 Å². The standard InChI is InChI=1S/C13H9ClFNO2/c14-12-4-9(7-17)1-2-13(12)18-8-10-3-11(15)6-16-5-10/h1-7H,8H2. The van der Waals surface area contributed by atoms with Gasteiger partial charge < -0.3 is 4.74 Å². The lowest BCUT2D eigenvalue weighted by molar-refractivity contribution is 0.112. The molecule has 0 spiro atoms. The Kier molecular flexibility index (Phi) is 3.89. The van der Waals surface area contributed by atoms with Crippen LogP contribution in [0.15, 0.2) is 36.7 Å². The number of aldehydes is 1. The third-order valence-corrected chi connectivity index (χ3v) is 2.54. The third-order valence-electron chi connectivity index (χ3n) is 2.25. The maximum atomic E-state index is 12.9. The van der Waals surface area contributed by atoms with E-state index < -0.39 is 5.82 Å². The smallest absolute Gasteiger partial charge is 0.150 e. The molecule has 18 heavy (non-hydrogen) atoms. The first-order chi connectivity index (χ1) is 8.69. The number of ether oxygens (including phenoxy) is 1. The van der Waals surface area contributed by atoms with Crippen LogP contribution in [0.3, 0.4) is 0 Å². The van der Waals surface area contributed by atoms with Gasteiger partial charge in [0.25, 0.3) is 0 Å². The van der Waals surface area contributed by atoms with Crippen molar-refractivity contribution in [1.82, 2.24) is 4.98 Å². The molecular weight excluding hydrogens is 257 g/mol. The number of aromatic nitrogens is 1. The summed E-state index contributed by atoms with van der Waals surface area (Å²) in [5.41, 5.74) is 1.07. The van der Waals surface area contributed by atoms with Crippen molar-refractivity contribution in [3.05, 3.63) is 58.6 Å². The zero-order chi connectivity index (χ0) is 13.0. The maximum Gasteiger partial charge on any atom is 0.150 e. The van der Waals surface area contributed by atoms with Crippen molar-refractivity contribution in [2.45, 2.75) is 6.61 Å². The highest BCUT2D eigenvalue weighted by molar-refractivity contribution is 6.32. The zero-order valence-electron chi connectivity index (χ0n) is 9.27. The van der Waals surface area contributed by atoms with Gasteiger partial charge in [0.1, 0.15) is 24.5 Å². The van der Waals surface area contributed by atoms with Crippen LogP contribution in [0, 0.1) is 5.82 Å². The molecule has 0 N–H and O–H groups in total. The van der Waals surface area contributed by atoms with Crippen LogP contribution >= 0.6 is 11.6 Å². The minimum Gasteiger partial charge on any atom is -0.487 e. The molecule has 2 rings (SSSR count). The molecule has 0 fully saturated rings. The fraction of sp³-hybridized carbons (Fsp3) is 0.0769. The van der Waals surface area contributed by atoms with Crippen molar-refractivity contribution in [3.8, 4) is 5.75 Å². The van der Waals surface area contributed by atoms with Gasteiger partial charge in [0.05, 0.1) is 11.2 Å². The van der Waals surface area contributed by atoms with E-state index in [2.05, 4.69) is 4.98 Å². The zero-order valence-corrected chi connectivity index (χ0v) is 10.0. The highest BCUT2D eigenvalue weighted by atomic mass is 35.5. The lowest BCUT2D eigenvalue weighted by atomic mass is 10.2. The summed E-state index contributed by atoms with van der Waals surface area (Å²) in [6.07, 6.45) is 3.33. The van der Waals surface area contributed by atoms with Crippen molar-refractivity contribution in [2.24, 2.45) is 0 Å². The summed E-state index contributed by atoms with van der Waals surface area (Å²) in [6, 6.07) is 6.03. The molecule has 1 aromatic heterocycles. The van der Waals surface area contributed by atoms with Gasteiger partial charge in [-0.1, -0.05) is 11.6 Å². The minimum absolute atomic E-state index is 0.158. The van der Waals surface area contributed by atoms with Gasteiger partial charge >= 0.3 is 0 Å². The molecule has 0 bridgehead atoms. The van der Waals surface area contributed by atoms with Crippen LogP contribution in [-0.4, -0.2) is 11.3 Å². The van der Waals surface area contributed by atoms with E-state index in [-0.39, 0.29) is 6.61 Å². The highest BCUT2D eigenvalue weighted by Crippen LogP contribution is 2.25. The van der Waals surface area contributed by atoms with E-state index in [0.717, 1.165) is 6.20 Å². The lowest BCUT2D eigenvalue weighted by Crippen LogP contribution is -1.97. The van der Waals surface area contributed by atoms with E-state index in [9.17, 15) is 9.18 Å². The Labute approximate surface area is 108 Å². The molecule has 0 saturated carbocycles. The monoisotopic (exact) mass is 265 g/mol. The normalized spacial score (nSPS) is 10.1. The van der Waals surface area contributed by atoms with Gasteiger partial charge in [-0.3, -0.25) is 9.78 Å². The lowest BCUT2D eigenvalue weighted by Gasteiger charge is -2.08. The predicted molar refractivity (Wildman–Crippen MR) is 65.4 cm³/mol. The number of benzene rings is 1. The Morgan fingerprint density at radius 2 is 2.17 bits per heavy atom. The summed E-state index contributed by atoms with van der Waals surface area (Å²) < 4.78 is 18.3. The largest absolute Gasteiger partial charge is 0.487 e. The van der Waals surface area contributed by atoms with Gasteiger partial charge in [-0.2, -0.15) is 0 Å². The highest BCUT2D eigenvalue weighted by Gasteiger charge is 2.04. The number of nitrogens with zero attached hydrogens (tertiary/aromatic N) is 1. The number of hydrogen-bond donors (Lipinski definition) is 0. The Bertz CT molecular complexity index is 575. The number of hydrogen-bond acceptors (Lipinski definition) is 3. The first-order valence-corrected chi connectivity index (χ1v) is 5.54. The quantitative estimate of drug-likeness (QED) is 0.797. The molecule has 0 amide bonds. The second-order valence-corrected chi connectivity index (χ2v) is 4.01. The Morgan fingerprint density at radius 3 is 2.83 bits per heavy atom. The average molecular weight is 266 g/mol. The van der Waals surface area contributed by atoms with Crippen LogP contribution in [0.4, 0.5) is 4.39 Å². The second kappa shape index (κ2) is 5.60. The summed E-state index contributed by atoms with van der Waals surface area (Å²) in [5.74, 6) is 0.0185. The fourth-order valence-electron chi connectivity index (χ4n) is 1.40. The first-order valence-electron chi connectivity index (χ1n) is 5.16. The molecule has 0 saturated heterocycles. The molecule has 0 aliphatic heterocycles. The third kappa shape index (κ3) is 3.05. The molecule has 0 radical (unpaired) electrons. The van der Waals surface area contributed by atoms with Crippen LogP contribution in [0.2, 0.25) is 5.02 Å². The summed E-state index contributed by atoms with van der Waals surface area (Å²) in [5, 5.41) is 0.337. The summed E-state index contributed by atoms with van der Waals surface area (Å²) in [6.45, 7) is 0.158. The predicted octanol–water partition coefficient (Wildman–Crippen LogP) is 3.27. The molecule has 5 heteroatoms.